The number of methoxy groups -OCH3 is 1. The van der Waals surface area contributed by atoms with Crippen LogP contribution in [-0.2, 0) is 11.2 Å². The molecule has 0 aliphatic carbocycles. The molecule has 2 rings (SSSR count). The molecule has 0 aliphatic heterocycles. The summed E-state index contributed by atoms with van der Waals surface area (Å²) in [6.07, 6.45) is 1.81. The Bertz CT molecular complexity index is 802. The summed E-state index contributed by atoms with van der Waals surface area (Å²) in [5.41, 5.74) is 1.74. The van der Waals surface area contributed by atoms with E-state index in [1.54, 1.807) is 49.5 Å². The van der Waals surface area contributed by atoms with Crippen molar-refractivity contribution in [3.63, 3.8) is 0 Å². The molecule has 0 radical (unpaired) electrons. The molecular weight excluding hydrogens is 332 g/mol. The summed E-state index contributed by atoms with van der Waals surface area (Å²) in [5.74, 6) is 0.558. The molecule has 2 amide bonds. The molecule has 0 aromatic heterocycles. The van der Waals surface area contributed by atoms with Gasteiger partial charge in [0.1, 0.15) is 6.61 Å². The molecule has 0 heterocycles. The molecular formula is C20H22N2O4. The summed E-state index contributed by atoms with van der Waals surface area (Å²) in [6.45, 7) is 3.94. The number of nitrogens with one attached hydrogen (secondary N) is 2. The molecule has 0 unspecified atom stereocenters. The van der Waals surface area contributed by atoms with E-state index in [4.69, 9.17) is 9.47 Å². The molecule has 136 valence electrons. The number of carbonyl (C=O) groups is 2. The molecule has 2 N–H and O–H groups in total. The van der Waals surface area contributed by atoms with Gasteiger partial charge in [-0.25, -0.2) is 0 Å². The van der Waals surface area contributed by atoms with E-state index in [9.17, 15) is 9.59 Å². The third kappa shape index (κ3) is 4.86. The second-order valence-electron chi connectivity index (χ2n) is 5.43. The highest BCUT2D eigenvalue weighted by atomic mass is 16.5. The number of amides is 2. The number of ether oxygens (including phenoxy) is 2. The van der Waals surface area contributed by atoms with Crippen molar-refractivity contribution in [1.29, 1.82) is 0 Å². The molecule has 0 saturated carbocycles. The van der Waals surface area contributed by atoms with E-state index in [2.05, 4.69) is 17.2 Å². The molecule has 26 heavy (non-hydrogen) atoms. The lowest BCUT2D eigenvalue weighted by Crippen LogP contribution is -2.21. The molecule has 6 nitrogen and oxygen atoms in total. The van der Waals surface area contributed by atoms with Gasteiger partial charge in [-0.15, -0.1) is 0 Å². The zero-order valence-corrected chi connectivity index (χ0v) is 14.9. The number of benzene rings is 2. The van der Waals surface area contributed by atoms with Crippen LogP contribution in [0.25, 0.3) is 0 Å². The first kappa shape index (κ1) is 19.1. The summed E-state index contributed by atoms with van der Waals surface area (Å²) in [4.78, 5) is 24.2. The number of hydrogen-bond donors (Lipinski definition) is 2. The Morgan fingerprint density at radius 1 is 1.15 bits per heavy atom. The topological polar surface area (TPSA) is 76.7 Å². The molecule has 2 aromatic carbocycles. The highest BCUT2D eigenvalue weighted by Crippen LogP contribution is 2.28. The first-order valence-electron chi connectivity index (χ1n) is 8.10. The smallest absolute Gasteiger partial charge is 0.255 e. The molecule has 0 fully saturated rings. The minimum Gasteiger partial charge on any atom is -0.493 e. The molecule has 0 aliphatic rings. The van der Waals surface area contributed by atoms with Crippen LogP contribution in [-0.4, -0.2) is 32.6 Å². The molecule has 6 heteroatoms. The largest absolute Gasteiger partial charge is 0.493 e. The number of rotatable bonds is 8. The van der Waals surface area contributed by atoms with Crippen LogP contribution in [0.2, 0.25) is 0 Å². The fraction of sp³-hybridized carbons (Fsp3) is 0.200. The van der Waals surface area contributed by atoms with Crippen molar-refractivity contribution >= 4 is 17.5 Å². The first-order valence-corrected chi connectivity index (χ1v) is 8.10. The van der Waals surface area contributed by atoms with Crippen molar-refractivity contribution in [2.45, 2.75) is 6.42 Å². The standard InChI is InChI=1S/C20H22N2O4/c1-4-11-26-17-10-9-15(12-18(17)25-3)20(24)22-16-8-6-5-7-14(16)13-19(23)21-2/h4-10,12H,1,11,13H2,2-3H3,(H,21,23)(H,22,24). The van der Waals surface area contributed by atoms with Crippen molar-refractivity contribution < 1.29 is 19.1 Å². The van der Waals surface area contributed by atoms with Gasteiger partial charge in [0.05, 0.1) is 13.5 Å². The SMILES string of the molecule is C=CCOc1ccc(C(=O)Nc2ccccc2CC(=O)NC)cc1OC. The second-order valence-corrected chi connectivity index (χ2v) is 5.43. The highest BCUT2D eigenvalue weighted by Gasteiger charge is 2.14. The van der Waals surface area contributed by atoms with Gasteiger partial charge in [-0.2, -0.15) is 0 Å². The van der Waals surface area contributed by atoms with Crippen LogP contribution >= 0.6 is 0 Å². The van der Waals surface area contributed by atoms with Crippen molar-refractivity contribution in [3.8, 4) is 11.5 Å². The highest BCUT2D eigenvalue weighted by molar-refractivity contribution is 6.05. The average Bonchev–Trinajstić information content (AvgIpc) is 2.67. The lowest BCUT2D eigenvalue weighted by molar-refractivity contribution is -0.119. The summed E-state index contributed by atoms with van der Waals surface area (Å²) < 4.78 is 10.8. The Labute approximate surface area is 152 Å². The van der Waals surface area contributed by atoms with Crippen LogP contribution in [0.1, 0.15) is 15.9 Å². The van der Waals surface area contributed by atoms with Crippen LogP contribution < -0.4 is 20.1 Å². The minimum absolute atomic E-state index is 0.128. The number of carbonyl (C=O) groups excluding carboxylic acids is 2. The average molecular weight is 354 g/mol. The number of anilines is 1. The molecule has 0 spiro atoms. The van der Waals surface area contributed by atoms with Crippen LogP contribution in [0.4, 0.5) is 5.69 Å². The quantitative estimate of drug-likeness (QED) is 0.715. The Hall–Kier alpha value is -3.28. The van der Waals surface area contributed by atoms with Crippen LogP contribution in [0.5, 0.6) is 11.5 Å². The Morgan fingerprint density at radius 3 is 2.62 bits per heavy atom. The normalized spacial score (nSPS) is 9.92. The summed E-state index contributed by atoms with van der Waals surface area (Å²) in [6, 6.07) is 12.1. The van der Waals surface area contributed by atoms with Crippen molar-refractivity contribution in [3.05, 3.63) is 66.2 Å². The van der Waals surface area contributed by atoms with Crippen LogP contribution in [0.15, 0.2) is 55.1 Å². The summed E-state index contributed by atoms with van der Waals surface area (Å²) >= 11 is 0. The lowest BCUT2D eigenvalue weighted by Gasteiger charge is -2.13. The molecule has 0 atom stereocenters. The predicted octanol–water partition coefficient (Wildman–Crippen LogP) is 2.80. The Morgan fingerprint density at radius 2 is 1.92 bits per heavy atom. The lowest BCUT2D eigenvalue weighted by atomic mass is 10.1. The second kappa shape index (κ2) is 9.27. The number of likely N-dealkylation sites (N-methyl/N-ethyl adjacent to an activating group) is 1. The third-order valence-corrected chi connectivity index (χ3v) is 3.68. The van der Waals surface area contributed by atoms with E-state index in [0.717, 1.165) is 5.56 Å². The predicted molar refractivity (Wildman–Crippen MR) is 101 cm³/mol. The van der Waals surface area contributed by atoms with Crippen molar-refractivity contribution in [1.82, 2.24) is 5.32 Å². The maximum Gasteiger partial charge on any atom is 0.255 e. The van der Waals surface area contributed by atoms with Crippen molar-refractivity contribution in [2.75, 3.05) is 26.1 Å². The summed E-state index contributed by atoms with van der Waals surface area (Å²) in [7, 11) is 3.09. The van der Waals surface area contributed by atoms with Gasteiger partial charge in [0.25, 0.3) is 5.91 Å². The molecule has 2 aromatic rings. The fourth-order valence-corrected chi connectivity index (χ4v) is 2.33. The summed E-state index contributed by atoms with van der Waals surface area (Å²) in [5, 5.41) is 5.41. The van der Waals surface area contributed by atoms with E-state index >= 15 is 0 Å². The van der Waals surface area contributed by atoms with E-state index in [1.165, 1.54) is 7.11 Å². The minimum atomic E-state index is -0.303. The third-order valence-electron chi connectivity index (χ3n) is 3.68. The first-order chi connectivity index (χ1) is 12.6. The zero-order chi connectivity index (χ0) is 18.9. The van der Waals surface area contributed by atoms with E-state index in [0.29, 0.717) is 29.4 Å². The zero-order valence-electron chi connectivity index (χ0n) is 14.9. The van der Waals surface area contributed by atoms with Gasteiger partial charge in [-0.1, -0.05) is 30.9 Å². The monoisotopic (exact) mass is 354 g/mol. The van der Waals surface area contributed by atoms with Gasteiger partial charge >= 0.3 is 0 Å². The van der Waals surface area contributed by atoms with Gasteiger partial charge in [-0.3, -0.25) is 9.59 Å². The van der Waals surface area contributed by atoms with Crippen LogP contribution in [0.3, 0.4) is 0 Å². The van der Waals surface area contributed by atoms with E-state index in [-0.39, 0.29) is 18.2 Å². The maximum absolute atomic E-state index is 12.6. The Balaban J connectivity index is 2.20. The van der Waals surface area contributed by atoms with Crippen LogP contribution in [0, 0.1) is 0 Å². The van der Waals surface area contributed by atoms with Gasteiger partial charge in [0.2, 0.25) is 5.91 Å². The number of para-hydroxylation sites is 1. The van der Waals surface area contributed by atoms with Gasteiger partial charge in [-0.05, 0) is 29.8 Å². The van der Waals surface area contributed by atoms with Gasteiger partial charge in [0, 0.05) is 18.3 Å². The fourth-order valence-electron chi connectivity index (χ4n) is 2.33. The maximum atomic E-state index is 12.6. The Kier molecular flexibility index (Phi) is 6.79. The van der Waals surface area contributed by atoms with E-state index < -0.39 is 0 Å². The van der Waals surface area contributed by atoms with Crippen molar-refractivity contribution in [2.24, 2.45) is 0 Å². The van der Waals surface area contributed by atoms with Gasteiger partial charge < -0.3 is 20.1 Å². The molecule has 0 saturated heterocycles. The number of hydrogen-bond acceptors (Lipinski definition) is 4. The van der Waals surface area contributed by atoms with E-state index in [1.807, 2.05) is 6.07 Å². The van der Waals surface area contributed by atoms with Gasteiger partial charge in [0.15, 0.2) is 11.5 Å². The molecule has 0 bridgehead atoms.